The standard InChI is InChI=1S/C16H6BrF19N2O/c17-3-1-4(37)5(38)2-6(3)39-8(19)7(18)9(20,21)10(22,23)11(24,25)12(26,27)13(28,29)14(30,31)15(32,33)16(34,35)36/h1-2H,37-38H2. The fourth-order valence-electron chi connectivity index (χ4n) is 2.23. The smallest absolute Gasteiger partial charge is 0.428 e. The molecule has 0 aliphatic rings. The van der Waals surface area contributed by atoms with Gasteiger partial charge in [-0.25, -0.2) is 0 Å². The molecular formula is C16H6BrF19N2O. The van der Waals surface area contributed by atoms with Crippen molar-refractivity contribution in [1.82, 2.24) is 0 Å². The van der Waals surface area contributed by atoms with Gasteiger partial charge >= 0.3 is 53.6 Å². The van der Waals surface area contributed by atoms with Gasteiger partial charge in [-0.05, 0) is 22.0 Å². The lowest BCUT2D eigenvalue weighted by molar-refractivity contribution is -0.460. The summed E-state index contributed by atoms with van der Waals surface area (Å²) < 4.78 is 255. The number of allylic oxidation sites excluding steroid dienone is 1. The van der Waals surface area contributed by atoms with Crippen LogP contribution < -0.4 is 16.2 Å². The topological polar surface area (TPSA) is 61.3 Å². The average Bonchev–Trinajstić information content (AvgIpc) is 2.75. The second kappa shape index (κ2) is 9.56. The summed E-state index contributed by atoms with van der Waals surface area (Å²) in [6.45, 7) is 0. The number of ether oxygens (including phenoxy) is 1. The molecule has 0 atom stereocenters. The highest BCUT2D eigenvalue weighted by atomic mass is 79.9. The van der Waals surface area contributed by atoms with Crippen molar-refractivity contribution in [2.45, 2.75) is 47.6 Å². The first-order valence-corrected chi connectivity index (χ1v) is 9.46. The van der Waals surface area contributed by atoms with E-state index in [1.54, 1.807) is 0 Å². The summed E-state index contributed by atoms with van der Waals surface area (Å²) in [5, 5.41) is 0. The van der Waals surface area contributed by atoms with Crippen molar-refractivity contribution in [3.63, 3.8) is 0 Å². The third-order valence-corrected chi connectivity index (χ3v) is 5.13. The van der Waals surface area contributed by atoms with Gasteiger partial charge in [-0.1, -0.05) is 0 Å². The maximum atomic E-state index is 13.8. The Hall–Kier alpha value is -2.49. The van der Waals surface area contributed by atoms with Gasteiger partial charge in [-0.3, -0.25) is 0 Å². The molecule has 4 N–H and O–H groups in total. The normalized spacial score (nSPS) is 15.8. The molecule has 0 fully saturated rings. The first-order valence-electron chi connectivity index (χ1n) is 8.67. The molecule has 0 bridgehead atoms. The zero-order valence-electron chi connectivity index (χ0n) is 17.3. The summed E-state index contributed by atoms with van der Waals surface area (Å²) in [7, 11) is 0. The van der Waals surface area contributed by atoms with Gasteiger partial charge in [0.1, 0.15) is 5.75 Å². The molecule has 0 radical (unpaired) electrons. The highest BCUT2D eigenvalue weighted by Gasteiger charge is 2.95. The van der Waals surface area contributed by atoms with Gasteiger partial charge in [0.25, 0.3) is 0 Å². The van der Waals surface area contributed by atoms with Crippen LogP contribution in [0.25, 0.3) is 0 Å². The van der Waals surface area contributed by atoms with Crippen molar-refractivity contribution in [3.05, 3.63) is 28.4 Å². The van der Waals surface area contributed by atoms with E-state index in [2.05, 4.69) is 20.7 Å². The van der Waals surface area contributed by atoms with E-state index >= 15 is 0 Å². The third kappa shape index (κ3) is 4.87. The first kappa shape index (κ1) is 34.5. The van der Waals surface area contributed by atoms with Gasteiger partial charge in [0, 0.05) is 6.07 Å². The van der Waals surface area contributed by atoms with Gasteiger partial charge in [0.2, 0.25) is 5.83 Å². The van der Waals surface area contributed by atoms with Gasteiger partial charge in [-0.15, -0.1) is 0 Å². The van der Waals surface area contributed by atoms with Gasteiger partial charge in [-0.2, -0.15) is 83.4 Å². The summed E-state index contributed by atoms with van der Waals surface area (Å²) in [6, 6.07) is -2.69. The molecule has 3 nitrogen and oxygen atoms in total. The van der Waals surface area contributed by atoms with E-state index in [1.165, 1.54) is 0 Å². The molecule has 0 saturated carbocycles. The van der Waals surface area contributed by atoms with E-state index in [9.17, 15) is 83.4 Å². The van der Waals surface area contributed by atoms with Crippen LogP contribution in [0.15, 0.2) is 28.4 Å². The summed E-state index contributed by atoms with van der Waals surface area (Å²) in [6.07, 6.45) is -7.92. The van der Waals surface area contributed by atoms with Gasteiger partial charge in [0.15, 0.2) is 0 Å². The number of benzene rings is 1. The van der Waals surface area contributed by atoms with Crippen LogP contribution in [-0.2, 0) is 0 Å². The Labute approximate surface area is 209 Å². The molecule has 0 spiro atoms. The quantitative estimate of drug-likeness (QED) is 0.157. The predicted octanol–water partition coefficient (Wildman–Crippen LogP) is 8.11. The van der Waals surface area contributed by atoms with Crippen molar-refractivity contribution >= 4 is 27.3 Å². The highest BCUT2D eigenvalue weighted by Crippen LogP contribution is 2.64. The Bertz CT molecular complexity index is 1130. The monoisotopic (exact) mass is 682 g/mol. The number of rotatable bonds is 9. The maximum absolute atomic E-state index is 13.8. The van der Waals surface area contributed by atoms with Gasteiger partial charge in [0.05, 0.1) is 15.8 Å². The van der Waals surface area contributed by atoms with Crippen LogP contribution in [-0.4, -0.2) is 47.6 Å². The SMILES string of the molecule is Nc1cc(Br)c(OC(F)=C(F)C(F)(F)C(F)(F)C(F)(F)C(F)(F)C(F)(F)C(F)(F)C(F)(F)C(F)(F)F)cc1N. The molecule has 0 saturated heterocycles. The number of hydrogen-bond donors (Lipinski definition) is 2. The Morgan fingerprint density at radius 1 is 0.564 bits per heavy atom. The Morgan fingerprint density at radius 3 is 1.28 bits per heavy atom. The zero-order valence-corrected chi connectivity index (χ0v) is 18.9. The molecule has 23 heteroatoms. The number of halogens is 20. The lowest BCUT2D eigenvalue weighted by Gasteiger charge is -2.42. The van der Waals surface area contributed by atoms with E-state index in [-0.39, 0.29) is 5.69 Å². The van der Waals surface area contributed by atoms with E-state index in [0.29, 0.717) is 12.1 Å². The fourth-order valence-corrected chi connectivity index (χ4v) is 2.67. The summed E-state index contributed by atoms with van der Waals surface area (Å²) in [4.78, 5) is 0. The van der Waals surface area contributed by atoms with Crippen molar-refractivity contribution in [2.24, 2.45) is 0 Å². The number of alkyl halides is 17. The number of anilines is 2. The minimum absolute atomic E-state index is 0.342. The number of hydrogen-bond acceptors (Lipinski definition) is 3. The molecule has 1 aromatic rings. The lowest BCUT2D eigenvalue weighted by Crippen LogP contribution is -2.74. The molecule has 39 heavy (non-hydrogen) atoms. The second-order valence-electron chi connectivity index (χ2n) is 7.12. The van der Waals surface area contributed by atoms with E-state index in [0.717, 1.165) is 0 Å². The largest absolute Gasteiger partial charge is 0.460 e. The van der Waals surface area contributed by atoms with Gasteiger partial charge < -0.3 is 16.2 Å². The molecule has 1 rings (SSSR count). The Kier molecular flexibility index (Phi) is 8.47. The third-order valence-electron chi connectivity index (χ3n) is 4.51. The Morgan fingerprint density at radius 2 is 0.897 bits per heavy atom. The van der Waals surface area contributed by atoms with E-state index in [1.807, 2.05) is 0 Å². The van der Waals surface area contributed by atoms with Crippen LogP contribution >= 0.6 is 15.9 Å². The molecule has 0 aliphatic heterocycles. The molecule has 226 valence electrons. The van der Waals surface area contributed by atoms with Crippen LogP contribution in [0.1, 0.15) is 0 Å². The fraction of sp³-hybridized carbons (Fsp3) is 0.500. The van der Waals surface area contributed by atoms with E-state index < -0.39 is 75.4 Å². The summed E-state index contributed by atoms with van der Waals surface area (Å²) in [5.41, 5.74) is 9.39. The molecule has 0 heterocycles. The van der Waals surface area contributed by atoms with Crippen molar-refractivity contribution < 1.29 is 88.2 Å². The molecule has 0 aliphatic carbocycles. The predicted molar refractivity (Wildman–Crippen MR) is 93.5 cm³/mol. The molecule has 1 aromatic carbocycles. The molecule has 0 aromatic heterocycles. The Balaban J connectivity index is 3.70. The van der Waals surface area contributed by atoms with Crippen LogP contribution in [0, 0.1) is 0 Å². The van der Waals surface area contributed by atoms with Crippen molar-refractivity contribution in [3.8, 4) is 5.75 Å². The average molecular weight is 683 g/mol. The molecule has 0 unspecified atom stereocenters. The molecular weight excluding hydrogens is 677 g/mol. The minimum atomic E-state index is -8.95. The number of nitrogens with two attached hydrogens (primary N) is 2. The van der Waals surface area contributed by atoms with Crippen LogP contribution in [0.5, 0.6) is 5.75 Å². The van der Waals surface area contributed by atoms with E-state index in [4.69, 9.17) is 11.5 Å². The van der Waals surface area contributed by atoms with Crippen molar-refractivity contribution in [1.29, 1.82) is 0 Å². The van der Waals surface area contributed by atoms with Crippen LogP contribution in [0.3, 0.4) is 0 Å². The zero-order chi connectivity index (χ0) is 31.6. The van der Waals surface area contributed by atoms with Crippen LogP contribution in [0.4, 0.5) is 94.8 Å². The second-order valence-corrected chi connectivity index (χ2v) is 7.97. The van der Waals surface area contributed by atoms with Crippen LogP contribution in [0.2, 0.25) is 0 Å². The number of nitrogen functional groups attached to an aromatic ring is 2. The lowest BCUT2D eigenvalue weighted by atomic mass is 9.88. The summed E-state index contributed by atoms with van der Waals surface area (Å²) in [5.74, 6) is -65.9. The maximum Gasteiger partial charge on any atom is 0.460 e. The minimum Gasteiger partial charge on any atom is -0.428 e. The molecule has 0 amide bonds. The first-order chi connectivity index (χ1) is 16.9. The summed E-state index contributed by atoms with van der Waals surface area (Å²) >= 11 is 2.45. The van der Waals surface area contributed by atoms with Crippen molar-refractivity contribution in [2.75, 3.05) is 11.5 Å². The highest BCUT2D eigenvalue weighted by molar-refractivity contribution is 9.10.